The molecule has 0 aliphatic carbocycles. The highest BCUT2D eigenvalue weighted by Crippen LogP contribution is 2.40. The van der Waals surface area contributed by atoms with Gasteiger partial charge in [-0.3, -0.25) is 9.20 Å². The Kier molecular flexibility index (Phi) is 6.28. The van der Waals surface area contributed by atoms with Gasteiger partial charge in [-0.15, -0.1) is 0 Å². The van der Waals surface area contributed by atoms with Gasteiger partial charge in [0.25, 0.3) is 5.91 Å². The molecule has 38 heavy (non-hydrogen) atoms. The lowest BCUT2D eigenvalue weighted by Crippen LogP contribution is -2.16. The van der Waals surface area contributed by atoms with Gasteiger partial charge in [0.2, 0.25) is 0 Å². The number of anilines is 1. The van der Waals surface area contributed by atoms with Gasteiger partial charge in [-0.1, -0.05) is 73.2 Å². The molecule has 0 saturated heterocycles. The Morgan fingerprint density at radius 1 is 0.947 bits per heavy atom. The van der Waals surface area contributed by atoms with E-state index in [2.05, 4.69) is 82.9 Å². The van der Waals surface area contributed by atoms with Crippen molar-refractivity contribution >= 4 is 17.2 Å². The number of hydrogen-bond donors (Lipinski definition) is 1. The molecule has 2 aromatic heterocycles. The first-order chi connectivity index (χ1) is 18.6. The summed E-state index contributed by atoms with van der Waals surface area (Å²) in [5.74, 6) is 0.500. The quantitative estimate of drug-likeness (QED) is 0.260. The number of carbonyl (C=O) groups is 1. The number of aromatic nitrogens is 2. The van der Waals surface area contributed by atoms with Crippen molar-refractivity contribution in [1.82, 2.24) is 8.97 Å². The summed E-state index contributed by atoms with van der Waals surface area (Å²) in [6.07, 6.45) is 6.26. The summed E-state index contributed by atoms with van der Waals surface area (Å²) in [6, 6.07) is 24.9. The van der Waals surface area contributed by atoms with Crippen LogP contribution in [0.25, 0.3) is 28.0 Å². The van der Waals surface area contributed by atoms with Crippen LogP contribution in [0.1, 0.15) is 46.9 Å². The van der Waals surface area contributed by atoms with Crippen molar-refractivity contribution in [3.05, 3.63) is 101 Å². The van der Waals surface area contributed by atoms with Crippen molar-refractivity contribution in [1.29, 1.82) is 0 Å². The number of nitrogens with zero attached hydrogens (tertiary/aromatic N) is 2. The molecule has 1 aliphatic heterocycles. The maximum absolute atomic E-state index is 14.2. The minimum absolute atomic E-state index is 0.140. The van der Waals surface area contributed by atoms with Gasteiger partial charge < -0.3 is 14.6 Å². The van der Waals surface area contributed by atoms with E-state index in [9.17, 15) is 4.79 Å². The number of aryl methyl sites for hydroxylation is 4. The van der Waals surface area contributed by atoms with Crippen LogP contribution in [0, 0.1) is 6.92 Å². The Bertz CT molecular complexity index is 1620. The van der Waals surface area contributed by atoms with E-state index in [1.807, 2.05) is 24.3 Å². The predicted molar refractivity (Wildman–Crippen MR) is 154 cm³/mol. The van der Waals surface area contributed by atoms with Crippen molar-refractivity contribution in [2.24, 2.45) is 0 Å². The van der Waals surface area contributed by atoms with Crippen LogP contribution in [-0.2, 0) is 19.4 Å². The fraction of sp³-hybridized carbons (Fsp3) is 0.242. The highest BCUT2D eigenvalue weighted by molar-refractivity contribution is 6.10. The van der Waals surface area contributed by atoms with E-state index in [1.54, 1.807) is 7.11 Å². The van der Waals surface area contributed by atoms with Crippen LogP contribution in [0.3, 0.4) is 0 Å². The first kappa shape index (κ1) is 24.1. The lowest BCUT2D eigenvalue weighted by molar-refractivity contribution is 0.102. The molecule has 5 aromatic rings. The van der Waals surface area contributed by atoms with Gasteiger partial charge in [0.15, 0.2) is 0 Å². The van der Waals surface area contributed by atoms with Gasteiger partial charge in [-0.2, -0.15) is 0 Å². The summed E-state index contributed by atoms with van der Waals surface area (Å²) < 4.78 is 10.1. The van der Waals surface area contributed by atoms with E-state index in [1.165, 1.54) is 16.7 Å². The third-order valence-corrected chi connectivity index (χ3v) is 7.70. The fourth-order valence-corrected chi connectivity index (χ4v) is 5.71. The summed E-state index contributed by atoms with van der Waals surface area (Å²) in [5, 5.41) is 3.16. The zero-order valence-corrected chi connectivity index (χ0v) is 22.3. The molecule has 1 N–H and O–H groups in total. The molecule has 192 valence electrons. The van der Waals surface area contributed by atoms with Crippen molar-refractivity contribution in [3.8, 4) is 28.1 Å². The molecule has 1 amide bonds. The van der Waals surface area contributed by atoms with Gasteiger partial charge >= 0.3 is 0 Å². The Morgan fingerprint density at radius 3 is 2.42 bits per heavy atom. The number of imidazole rings is 1. The van der Waals surface area contributed by atoms with Crippen molar-refractivity contribution in [2.75, 3.05) is 12.4 Å². The number of para-hydroxylation sites is 2. The normalized spacial score (nSPS) is 12.9. The van der Waals surface area contributed by atoms with Gasteiger partial charge in [0.1, 0.15) is 17.1 Å². The van der Waals surface area contributed by atoms with E-state index < -0.39 is 0 Å². The molecule has 3 aromatic carbocycles. The summed E-state index contributed by atoms with van der Waals surface area (Å²) in [5.41, 5.74) is 10.6. The zero-order chi connectivity index (χ0) is 26.2. The third-order valence-electron chi connectivity index (χ3n) is 7.70. The highest BCUT2D eigenvalue weighted by atomic mass is 16.5. The smallest absolute Gasteiger partial charge is 0.273 e. The summed E-state index contributed by atoms with van der Waals surface area (Å²) in [4.78, 5) is 14.2. The molecule has 6 rings (SSSR count). The topological polar surface area (TPSA) is 47.7 Å². The molecule has 0 saturated carbocycles. The lowest BCUT2D eigenvalue weighted by Gasteiger charge is -2.12. The molecule has 0 atom stereocenters. The second-order valence-electron chi connectivity index (χ2n) is 10.1. The Hall–Kier alpha value is -4.25. The Morgan fingerprint density at radius 2 is 1.68 bits per heavy atom. The number of nitrogens with one attached hydrogen (secondary N) is 1. The summed E-state index contributed by atoms with van der Waals surface area (Å²) in [7, 11) is 1.62. The molecule has 5 heteroatoms. The average Bonchev–Trinajstić information content (AvgIpc) is 3.36. The number of benzene rings is 3. The summed E-state index contributed by atoms with van der Waals surface area (Å²) in [6.45, 7) is 5.20. The Balaban J connectivity index is 1.60. The standard InChI is InChI=1S/C33H33N3O2/c1-4-23-14-18-25(19-15-23)30-26-9-7-8-20-35-28(24-16-12-22(2)13-17-24)21-36(33(26)35)31(30)32(37)34-27-10-5-6-11-29(27)38-3/h5-6,10-19,21H,4,7-9,20H2,1-3H3,(H,34,37). The predicted octanol–water partition coefficient (Wildman–Crippen LogP) is 7.54. The van der Waals surface area contributed by atoms with Crippen LogP contribution in [0.15, 0.2) is 79.0 Å². The average molecular weight is 504 g/mol. The molecule has 0 radical (unpaired) electrons. The van der Waals surface area contributed by atoms with Crippen molar-refractivity contribution in [3.63, 3.8) is 0 Å². The molecule has 1 aliphatic rings. The maximum Gasteiger partial charge on any atom is 0.273 e. The summed E-state index contributed by atoms with van der Waals surface area (Å²) >= 11 is 0. The van der Waals surface area contributed by atoms with Crippen LogP contribution in [-0.4, -0.2) is 22.0 Å². The first-order valence-electron chi connectivity index (χ1n) is 13.5. The fourth-order valence-electron chi connectivity index (χ4n) is 5.71. The molecular formula is C33H33N3O2. The van der Waals surface area contributed by atoms with Crippen LogP contribution in [0.5, 0.6) is 5.75 Å². The molecule has 0 spiro atoms. The number of methoxy groups -OCH3 is 1. The third kappa shape index (κ3) is 4.08. The molecule has 5 nitrogen and oxygen atoms in total. The largest absolute Gasteiger partial charge is 0.495 e. The number of rotatable bonds is 6. The van der Waals surface area contributed by atoms with Crippen LogP contribution in [0.4, 0.5) is 5.69 Å². The SMILES string of the molecule is CCc1ccc(-c2c3c4n(c(-c5ccc(C)cc5)cn4c2C(=O)Nc2ccccc2OC)CCCC3)cc1. The van der Waals surface area contributed by atoms with Crippen molar-refractivity contribution < 1.29 is 9.53 Å². The van der Waals surface area contributed by atoms with E-state index in [-0.39, 0.29) is 5.91 Å². The maximum atomic E-state index is 14.2. The number of carbonyl (C=O) groups excluding carboxylic acids is 1. The van der Waals surface area contributed by atoms with Crippen LogP contribution >= 0.6 is 0 Å². The second-order valence-corrected chi connectivity index (χ2v) is 10.1. The van der Waals surface area contributed by atoms with Gasteiger partial charge in [-0.05, 0) is 61.4 Å². The second kappa shape index (κ2) is 9.90. The minimum Gasteiger partial charge on any atom is -0.495 e. The van der Waals surface area contributed by atoms with Crippen LogP contribution < -0.4 is 10.1 Å². The van der Waals surface area contributed by atoms with Gasteiger partial charge in [0, 0.05) is 23.9 Å². The van der Waals surface area contributed by atoms with Gasteiger partial charge in [0.05, 0.1) is 18.5 Å². The monoisotopic (exact) mass is 503 g/mol. The minimum atomic E-state index is -0.140. The number of ether oxygens (including phenoxy) is 1. The Labute approximate surface area is 223 Å². The van der Waals surface area contributed by atoms with E-state index in [4.69, 9.17) is 4.74 Å². The zero-order valence-electron chi connectivity index (χ0n) is 22.3. The number of amides is 1. The highest BCUT2D eigenvalue weighted by Gasteiger charge is 2.30. The first-order valence-corrected chi connectivity index (χ1v) is 13.5. The molecule has 0 unspecified atom stereocenters. The van der Waals surface area contributed by atoms with E-state index in [0.717, 1.165) is 60.3 Å². The van der Waals surface area contributed by atoms with Crippen LogP contribution in [0.2, 0.25) is 0 Å². The van der Waals surface area contributed by atoms with E-state index in [0.29, 0.717) is 17.1 Å². The molecule has 0 fully saturated rings. The molecular weight excluding hydrogens is 470 g/mol. The lowest BCUT2D eigenvalue weighted by atomic mass is 9.96. The van der Waals surface area contributed by atoms with E-state index >= 15 is 0 Å². The van der Waals surface area contributed by atoms with Crippen molar-refractivity contribution in [2.45, 2.75) is 46.1 Å². The van der Waals surface area contributed by atoms with Gasteiger partial charge in [-0.25, -0.2) is 0 Å². The molecule has 3 heterocycles. The molecule has 0 bridgehead atoms. The number of hydrogen-bond acceptors (Lipinski definition) is 2.